The predicted molar refractivity (Wildman–Crippen MR) is 43.3 cm³/mol. The van der Waals surface area contributed by atoms with Gasteiger partial charge in [-0.3, -0.25) is 4.68 Å². The third kappa shape index (κ3) is 2.35. The summed E-state index contributed by atoms with van der Waals surface area (Å²) >= 11 is 0. The van der Waals surface area contributed by atoms with Crippen LogP contribution in [0.15, 0.2) is 12.3 Å². The minimum Gasteiger partial charge on any atom is -0.393 e. The maximum absolute atomic E-state index is 9.00. The van der Waals surface area contributed by atoms with Crippen LogP contribution < -0.4 is 0 Å². The molecule has 1 N–H and O–H groups in total. The van der Waals surface area contributed by atoms with E-state index < -0.39 is 0 Å². The first kappa shape index (κ1) is 8.27. The zero-order valence-corrected chi connectivity index (χ0v) is 6.99. The van der Waals surface area contributed by atoms with Gasteiger partial charge in [-0.15, -0.1) is 0 Å². The molecule has 3 heteroatoms. The molecule has 0 amide bonds. The van der Waals surface area contributed by atoms with Gasteiger partial charge >= 0.3 is 0 Å². The number of hydrogen-bond donors (Lipinski definition) is 1. The number of hydrogen-bond acceptors (Lipinski definition) is 2. The van der Waals surface area contributed by atoms with Gasteiger partial charge in [0.05, 0.1) is 6.10 Å². The molecule has 1 rings (SSSR count). The summed E-state index contributed by atoms with van der Waals surface area (Å²) in [5.41, 5.74) is 1.14. The van der Waals surface area contributed by atoms with Crippen LogP contribution in [0.3, 0.4) is 0 Å². The van der Waals surface area contributed by atoms with Gasteiger partial charge in [0, 0.05) is 18.4 Å². The van der Waals surface area contributed by atoms with E-state index in [9.17, 15) is 0 Å². The van der Waals surface area contributed by atoms with Gasteiger partial charge in [-0.25, -0.2) is 0 Å². The van der Waals surface area contributed by atoms with Gasteiger partial charge in [0.1, 0.15) is 0 Å². The lowest BCUT2D eigenvalue weighted by molar-refractivity contribution is 0.176. The number of aliphatic hydroxyl groups excluding tert-OH is 1. The Hall–Kier alpha value is -0.830. The SMILES string of the molecule is Cc1ccnn1CCC(C)O. The number of aryl methyl sites for hydroxylation is 2. The summed E-state index contributed by atoms with van der Waals surface area (Å²) in [4.78, 5) is 0. The fraction of sp³-hybridized carbons (Fsp3) is 0.625. The Morgan fingerprint density at radius 1 is 1.73 bits per heavy atom. The number of aromatic nitrogens is 2. The molecule has 0 bridgehead atoms. The summed E-state index contributed by atoms with van der Waals surface area (Å²) in [6.45, 7) is 4.60. The first-order chi connectivity index (χ1) is 5.20. The first-order valence-electron chi connectivity index (χ1n) is 3.86. The Morgan fingerprint density at radius 2 is 2.45 bits per heavy atom. The second-order valence-corrected chi connectivity index (χ2v) is 2.83. The molecule has 0 aliphatic rings. The highest BCUT2D eigenvalue weighted by Crippen LogP contribution is 1.99. The third-order valence-electron chi connectivity index (χ3n) is 1.69. The topological polar surface area (TPSA) is 38.0 Å². The molecule has 3 nitrogen and oxygen atoms in total. The quantitative estimate of drug-likeness (QED) is 0.704. The van der Waals surface area contributed by atoms with E-state index in [2.05, 4.69) is 5.10 Å². The Balaban J connectivity index is 2.44. The second-order valence-electron chi connectivity index (χ2n) is 2.83. The zero-order valence-electron chi connectivity index (χ0n) is 6.99. The lowest BCUT2D eigenvalue weighted by Gasteiger charge is -2.05. The van der Waals surface area contributed by atoms with Crippen molar-refractivity contribution < 1.29 is 5.11 Å². The standard InChI is InChI=1S/C8H14N2O/c1-7-3-5-9-10(7)6-4-8(2)11/h3,5,8,11H,4,6H2,1-2H3. The Kier molecular flexibility index (Phi) is 2.65. The summed E-state index contributed by atoms with van der Waals surface area (Å²) in [6, 6.07) is 1.96. The van der Waals surface area contributed by atoms with Gasteiger partial charge < -0.3 is 5.11 Å². The number of rotatable bonds is 3. The average Bonchev–Trinajstić information content (AvgIpc) is 2.31. The van der Waals surface area contributed by atoms with Crippen molar-refractivity contribution in [2.75, 3.05) is 0 Å². The molecular weight excluding hydrogens is 140 g/mol. The van der Waals surface area contributed by atoms with Crippen LogP contribution >= 0.6 is 0 Å². The van der Waals surface area contributed by atoms with Crippen molar-refractivity contribution in [3.63, 3.8) is 0 Å². The van der Waals surface area contributed by atoms with Gasteiger partial charge in [-0.2, -0.15) is 5.10 Å². The molecule has 0 aliphatic heterocycles. The Morgan fingerprint density at radius 3 is 2.91 bits per heavy atom. The molecule has 1 heterocycles. The molecule has 0 saturated heterocycles. The van der Waals surface area contributed by atoms with E-state index in [4.69, 9.17) is 5.11 Å². The summed E-state index contributed by atoms with van der Waals surface area (Å²) < 4.78 is 1.90. The van der Waals surface area contributed by atoms with E-state index in [-0.39, 0.29) is 6.10 Å². The minimum atomic E-state index is -0.237. The predicted octanol–water partition coefficient (Wildman–Crippen LogP) is 0.962. The van der Waals surface area contributed by atoms with Crippen molar-refractivity contribution in [1.29, 1.82) is 0 Å². The maximum atomic E-state index is 9.00. The van der Waals surface area contributed by atoms with Crippen molar-refractivity contribution in [2.45, 2.75) is 32.9 Å². The van der Waals surface area contributed by atoms with Crippen LogP contribution in [0, 0.1) is 6.92 Å². The summed E-state index contributed by atoms with van der Waals surface area (Å²) in [5.74, 6) is 0. The lowest BCUT2D eigenvalue weighted by Crippen LogP contribution is -2.08. The lowest BCUT2D eigenvalue weighted by atomic mass is 10.3. The van der Waals surface area contributed by atoms with Gasteiger partial charge in [0.2, 0.25) is 0 Å². The molecule has 0 aliphatic carbocycles. The first-order valence-corrected chi connectivity index (χ1v) is 3.86. The number of aliphatic hydroxyl groups is 1. The monoisotopic (exact) mass is 154 g/mol. The van der Waals surface area contributed by atoms with Crippen molar-refractivity contribution in [2.24, 2.45) is 0 Å². The van der Waals surface area contributed by atoms with Crippen LogP contribution in [0.1, 0.15) is 19.0 Å². The molecule has 0 radical (unpaired) electrons. The molecule has 0 spiro atoms. The summed E-state index contributed by atoms with van der Waals surface area (Å²) in [7, 11) is 0. The van der Waals surface area contributed by atoms with E-state index in [1.165, 1.54) is 0 Å². The largest absolute Gasteiger partial charge is 0.393 e. The molecule has 0 aromatic carbocycles. The number of nitrogens with zero attached hydrogens (tertiary/aromatic N) is 2. The Labute approximate surface area is 66.7 Å². The van der Waals surface area contributed by atoms with Crippen LogP contribution in [0.4, 0.5) is 0 Å². The molecular formula is C8H14N2O. The van der Waals surface area contributed by atoms with Crippen LogP contribution in [-0.4, -0.2) is 21.0 Å². The van der Waals surface area contributed by atoms with Gasteiger partial charge in [0.15, 0.2) is 0 Å². The van der Waals surface area contributed by atoms with Gasteiger partial charge in [0.25, 0.3) is 0 Å². The van der Waals surface area contributed by atoms with Crippen LogP contribution in [0.25, 0.3) is 0 Å². The van der Waals surface area contributed by atoms with Crippen molar-refractivity contribution in [3.8, 4) is 0 Å². The molecule has 1 atom stereocenters. The van der Waals surface area contributed by atoms with E-state index in [0.29, 0.717) is 0 Å². The third-order valence-corrected chi connectivity index (χ3v) is 1.69. The summed E-state index contributed by atoms with van der Waals surface area (Å²) in [5, 5.41) is 13.1. The second kappa shape index (κ2) is 3.53. The van der Waals surface area contributed by atoms with E-state index >= 15 is 0 Å². The van der Waals surface area contributed by atoms with Crippen LogP contribution in [0.2, 0.25) is 0 Å². The van der Waals surface area contributed by atoms with E-state index in [1.807, 2.05) is 17.7 Å². The summed E-state index contributed by atoms with van der Waals surface area (Å²) in [6.07, 6.45) is 2.30. The fourth-order valence-corrected chi connectivity index (χ4v) is 0.942. The van der Waals surface area contributed by atoms with Gasteiger partial charge in [-0.1, -0.05) is 0 Å². The van der Waals surface area contributed by atoms with Crippen molar-refractivity contribution in [1.82, 2.24) is 9.78 Å². The molecule has 0 saturated carbocycles. The highest BCUT2D eigenvalue weighted by Gasteiger charge is 1.98. The highest BCUT2D eigenvalue weighted by atomic mass is 16.3. The molecule has 0 fully saturated rings. The van der Waals surface area contributed by atoms with Crippen molar-refractivity contribution in [3.05, 3.63) is 18.0 Å². The molecule has 1 unspecified atom stereocenters. The minimum absolute atomic E-state index is 0.237. The van der Waals surface area contributed by atoms with Crippen LogP contribution in [-0.2, 0) is 6.54 Å². The van der Waals surface area contributed by atoms with Gasteiger partial charge in [-0.05, 0) is 26.3 Å². The van der Waals surface area contributed by atoms with E-state index in [0.717, 1.165) is 18.7 Å². The average molecular weight is 154 g/mol. The fourth-order valence-electron chi connectivity index (χ4n) is 0.942. The zero-order chi connectivity index (χ0) is 8.27. The van der Waals surface area contributed by atoms with Crippen molar-refractivity contribution >= 4 is 0 Å². The smallest absolute Gasteiger partial charge is 0.0529 e. The Bertz CT molecular complexity index is 218. The highest BCUT2D eigenvalue weighted by molar-refractivity contribution is 4.96. The molecule has 1 aromatic heterocycles. The normalized spacial score (nSPS) is 13.4. The molecule has 62 valence electrons. The molecule has 11 heavy (non-hydrogen) atoms. The van der Waals surface area contributed by atoms with E-state index in [1.54, 1.807) is 13.1 Å². The maximum Gasteiger partial charge on any atom is 0.0529 e. The van der Waals surface area contributed by atoms with Crippen LogP contribution in [0.5, 0.6) is 0 Å². The molecule has 1 aromatic rings.